The second-order valence-corrected chi connectivity index (χ2v) is 12.2. The summed E-state index contributed by atoms with van der Waals surface area (Å²) in [5, 5.41) is 7.57. The van der Waals surface area contributed by atoms with E-state index in [1.165, 1.54) is 0 Å². The lowest BCUT2D eigenvalue weighted by molar-refractivity contribution is -0.0435. The molecular formula is C19H29F3N4O6S2. The van der Waals surface area contributed by atoms with E-state index >= 15 is 0 Å². The van der Waals surface area contributed by atoms with Crippen LogP contribution in [0.2, 0.25) is 0 Å². The smallest absolute Gasteiger partial charge is 0.444 e. The van der Waals surface area contributed by atoms with Gasteiger partial charge in [-0.15, -0.1) is 0 Å². The molecule has 1 saturated heterocycles. The molecule has 1 fully saturated rings. The summed E-state index contributed by atoms with van der Waals surface area (Å²) in [5.41, 5.74) is -6.58. The minimum Gasteiger partial charge on any atom is -0.444 e. The third-order valence-corrected chi connectivity index (χ3v) is 7.30. The average Bonchev–Trinajstić information content (AvgIpc) is 2.68. The van der Waals surface area contributed by atoms with Crippen molar-refractivity contribution in [1.29, 1.82) is 0 Å². The number of nitrogens with two attached hydrogens (primary N) is 1. The van der Waals surface area contributed by atoms with Gasteiger partial charge in [-0.1, -0.05) is 0 Å². The van der Waals surface area contributed by atoms with Gasteiger partial charge in [0.2, 0.25) is 10.0 Å². The Kier molecular flexibility index (Phi) is 8.49. The number of hydrogen-bond acceptors (Lipinski definition) is 8. The molecule has 0 spiro atoms. The number of amides is 1. The number of rotatable bonds is 7. The molecule has 0 bridgehead atoms. The van der Waals surface area contributed by atoms with Crippen LogP contribution in [0.1, 0.15) is 27.2 Å². The number of anilines is 1. The predicted molar refractivity (Wildman–Crippen MR) is 118 cm³/mol. The molecule has 0 saturated carbocycles. The second kappa shape index (κ2) is 10.3. The number of primary sulfonamides is 1. The molecule has 15 heteroatoms. The van der Waals surface area contributed by atoms with E-state index < -0.39 is 46.9 Å². The van der Waals surface area contributed by atoms with E-state index in [4.69, 9.17) is 9.88 Å². The summed E-state index contributed by atoms with van der Waals surface area (Å²) in [5.74, 6) is 0. The molecule has 0 atom stereocenters. The fourth-order valence-corrected chi connectivity index (χ4v) is 4.75. The zero-order valence-corrected chi connectivity index (χ0v) is 20.7. The van der Waals surface area contributed by atoms with Crippen LogP contribution >= 0.6 is 0 Å². The van der Waals surface area contributed by atoms with Crippen LogP contribution in [-0.4, -0.2) is 83.1 Å². The molecule has 1 aromatic rings. The Bertz CT molecular complexity index is 1090. The standard InChI is InChI=1S/C19H29F3N4O6S2/c1-18(2,3)32-17(27)26-11-9-25(10-12-26)8-4-7-24-15-6-5-14(34(23,30)31)13-16(15)33(28,29)19(20,21)22/h5-6,13,24H,4,7-12H2,1-3H3,(H2,23,30,31). The van der Waals surface area contributed by atoms with Crippen molar-refractivity contribution in [3.05, 3.63) is 18.2 Å². The van der Waals surface area contributed by atoms with Crippen LogP contribution in [0.3, 0.4) is 0 Å². The van der Waals surface area contributed by atoms with Crippen LogP contribution in [0.25, 0.3) is 0 Å². The maximum absolute atomic E-state index is 13.1. The second-order valence-electron chi connectivity index (χ2n) is 8.74. The van der Waals surface area contributed by atoms with Gasteiger partial charge in [-0.2, -0.15) is 13.2 Å². The van der Waals surface area contributed by atoms with Gasteiger partial charge in [0, 0.05) is 32.7 Å². The van der Waals surface area contributed by atoms with Gasteiger partial charge in [0.1, 0.15) is 10.5 Å². The Hall–Kier alpha value is -2.10. The van der Waals surface area contributed by atoms with E-state index in [0.29, 0.717) is 45.2 Å². The number of nitrogens with zero attached hydrogens (tertiary/aromatic N) is 2. The van der Waals surface area contributed by atoms with E-state index in [9.17, 15) is 34.8 Å². The van der Waals surface area contributed by atoms with Crippen molar-refractivity contribution in [2.24, 2.45) is 5.14 Å². The van der Waals surface area contributed by atoms with E-state index in [2.05, 4.69) is 10.2 Å². The number of carbonyl (C=O) groups excluding carboxylic acids is 1. The molecule has 0 aromatic heterocycles. The molecule has 1 amide bonds. The molecule has 0 radical (unpaired) electrons. The molecular weight excluding hydrogens is 501 g/mol. The minimum absolute atomic E-state index is 0.126. The summed E-state index contributed by atoms with van der Waals surface area (Å²) in [6, 6.07) is 2.28. The molecule has 0 aliphatic carbocycles. The number of sulfone groups is 1. The summed E-state index contributed by atoms with van der Waals surface area (Å²) >= 11 is 0. The number of halogens is 3. The lowest BCUT2D eigenvalue weighted by Gasteiger charge is -2.35. The van der Waals surface area contributed by atoms with Crippen LogP contribution in [0.5, 0.6) is 0 Å². The number of sulfonamides is 1. The van der Waals surface area contributed by atoms with Crippen molar-refractivity contribution in [3.63, 3.8) is 0 Å². The largest absolute Gasteiger partial charge is 0.501 e. The van der Waals surface area contributed by atoms with Crippen molar-refractivity contribution in [2.75, 3.05) is 44.6 Å². The number of piperazine rings is 1. The minimum atomic E-state index is -5.82. The highest BCUT2D eigenvalue weighted by atomic mass is 32.2. The first-order chi connectivity index (χ1) is 15.4. The highest BCUT2D eigenvalue weighted by Gasteiger charge is 2.48. The van der Waals surface area contributed by atoms with Crippen LogP contribution in [-0.2, 0) is 24.6 Å². The van der Waals surface area contributed by atoms with Gasteiger partial charge in [-0.3, -0.25) is 4.90 Å². The maximum atomic E-state index is 13.1. The fraction of sp³-hybridized carbons (Fsp3) is 0.632. The monoisotopic (exact) mass is 530 g/mol. The van der Waals surface area contributed by atoms with Crippen molar-refractivity contribution < 1.29 is 39.5 Å². The molecule has 1 heterocycles. The Morgan fingerprint density at radius 2 is 1.68 bits per heavy atom. The topological polar surface area (TPSA) is 139 Å². The molecule has 2 rings (SSSR count). The van der Waals surface area contributed by atoms with Gasteiger partial charge < -0.3 is 15.0 Å². The van der Waals surface area contributed by atoms with Crippen LogP contribution in [0.15, 0.2) is 28.0 Å². The Morgan fingerprint density at radius 1 is 1.09 bits per heavy atom. The SMILES string of the molecule is CC(C)(C)OC(=O)N1CCN(CCCNc2ccc(S(N)(=O)=O)cc2S(=O)(=O)C(F)(F)F)CC1. The van der Waals surface area contributed by atoms with Crippen molar-refractivity contribution >= 4 is 31.6 Å². The quantitative estimate of drug-likeness (QED) is 0.510. The molecule has 10 nitrogen and oxygen atoms in total. The van der Waals surface area contributed by atoms with Gasteiger partial charge >= 0.3 is 11.6 Å². The van der Waals surface area contributed by atoms with Gasteiger partial charge in [0.05, 0.1) is 10.6 Å². The van der Waals surface area contributed by atoms with Gasteiger partial charge in [0.15, 0.2) is 0 Å². The maximum Gasteiger partial charge on any atom is 0.501 e. The summed E-state index contributed by atoms with van der Waals surface area (Å²) in [4.78, 5) is 13.8. The van der Waals surface area contributed by atoms with Gasteiger partial charge in [-0.25, -0.2) is 26.8 Å². The highest BCUT2D eigenvalue weighted by Crippen LogP contribution is 2.35. The molecule has 194 valence electrons. The molecule has 3 N–H and O–H groups in total. The Balaban J connectivity index is 1.97. The summed E-state index contributed by atoms with van der Waals surface area (Å²) < 4.78 is 91.5. The van der Waals surface area contributed by atoms with Crippen LogP contribution in [0, 0.1) is 0 Å². The zero-order chi connectivity index (χ0) is 25.9. The normalized spacial score (nSPS) is 16.4. The number of hydrogen-bond donors (Lipinski definition) is 2. The van der Waals surface area contributed by atoms with E-state index in [0.717, 1.165) is 12.1 Å². The number of alkyl halides is 3. The van der Waals surface area contributed by atoms with Gasteiger partial charge in [-0.05, 0) is 51.9 Å². The molecule has 1 aliphatic rings. The molecule has 1 aromatic carbocycles. The average molecular weight is 531 g/mol. The van der Waals surface area contributed by atoms with Crippen molar-refractivity contribution in [1.82, 2.24) is 9.80 Å². The van der Waals surface area contributed by atoms with Crippen molar-refractivity contribution in [3.8, 4) is 0 Å². The molecule has 0 unspecified atom stereocenters. The number of ether oxygens (including phenoxy) is 1. The first-order valence-electron chi connectivity index (χ1n) is 10.3. The zero-order valence-electron chi connectivity index (χ0n) is 19.1. The molecule has 34 heavy (non-hydrogen) atoms. The summed E-state index contributed by atoms with van der Waals surface area (Å²) in [6.45, 7) is 8.10. The summed E-state index contributed by atoms with van der Waals surface area (Å²) in [6.07, 6.45) is 0.0599. The van der Waals surface area contributed by atoms with Crippen molar-refractivity contribution in [2.45, 2.75) is 48.1 Å². The van der Waals surface area contributed by atoms with Crippen LogP contribution in [0.4, 0.5) is 23.7 Å². The fourth-order valence-electron chi connectivity index (χ4n) is 3.18. The number of carbonyl (C=O) groups is 1. The lowest BCUT2D eigenvalue weighted by atomic mass is 10.2. The molecule has 1 aliphatic heterocycles. The van der Waals surface area contributed by atoms with E-state index in [1.54, 1.807) is 25.7 Å². The van der Waals surface area contributed by atoms with E-state index in [-0.39, 0.29) is 12.2 Å². The number of benzene rings is 1. The number of nitrogens with one attached hydrogen (secondary N) is 1. The summed E-state index contributed by atoms with van der Waals surface area (Å²) in [7, 11) is -10.2. The lowest BCUT2D eigenvalue weighted by Crippen LogP contribution is -2.50. The van der Waals surface area contributed by atoms with Crippen LogP contribution < -0.4 is 10.5 Å². The predicted octanol–water partition coefficient (Wildman–Crippen LogP) is 1.98. The highest BCUT2D eigenvalue weighted by molar-refractivity contribution is 7.92. The van der Waals surface area contributed by atoms with E-state index in [1.807, 2.05) is 0 Å². The third-order valence-electron chi connectivity index (χ3n) is 4.87. The third kappa shape index (κ3) is 7.45. The first-order valence-corrected chi connectivity index (χ1v) is 13.4. The van der Waals surface area contributed by atoms with Gasteiger partial charge in [0.25, 0.3) is 9.84 Å². The Morgan fingerprint density at radius 3 is 2.18 bits per heavy atom. The first kappa shape index (κ1) is 28.1. The Labute approximate surface area is 197 Å².